The molecule has 0 fully saturated rings. The third-order valence-electron chi connectivity index (χ3n) is 2.70. The molecule has 0 aromatic carbocycles. The van der Waals surface area contributed by atoms with E-state index in [-0.39, 0.29) is 17.5 Å². The van der Waals surface area contributed by atoms with Gasteiger partial charge >= 0.3 is 0 Å². The average Bonchev–Trinajstić information content (AvgIpc) is 3.06. The molecule has 0 amide bonds. The van der Waals surface area contributed by atoms with Crippen LogP contribution in [0.25, 0.3) is 0 Å². The molecule has 0 aliphatic carbocycles. The van der Waals surface area contributed by atoms with Gasteiger partial charge in [-0.05, 0) is 12.5 Å². The number of sulfonamides is 1. The van der Waals surface area contributed by atoms with Crippen LogP contribution in [0.15, 0.2) is 28.7 Å². The number of aromatic amines is 1. The lowest BCUT2D eigenvalue weighted by Gasteiger charge is -2.13. The van der Waals surface area contributed by atoms with E-state index >= 15 is 0 Å². The van der Waals surface area contributed by atoms with Gasteiger partial charge < -0.3 is 10.7 Å². The maximum atomic E-state index is 12.2. The minimum Gasteiger partial charge on any atom is -0.363 e. The molecule has 6 nitrogen and oxygen atoms in total. The molecule has 0 radical (unpaired) electrons. The summed E-state index contributed by atoms with van der Waals surface area (Å²) in [5.74, 6) is 0. The van der Waals surface area contributed by atoms with Gasteiger partial charge in [0.15, 0.2) is 0 Å². The summed E-state index contributed by atoms with van der Waals surface area (Å²) >= 11 is 1.44. The predicted octanol–water partition coefficient (Wildman–Crippen LogP) is 1.36. The minimum absolute atomic E-state index is 0.197. The number of rotatable bonds is 6. The fourth-order valence-corrected chi connectivity index (χ4v) is 3.81. The first-order chi connectivity index (χ1) is 9.06. The highest BCUT2D eigenvalue weighted by molar-refractivity contribution is 7.89. The summed E-state index contributed by atoms with van der Waals surface area (Å²) in [5, 5.41) is 2.59. The molecule has 0 spiro atoms. The molecule has 19 heavy (non-hydrogen) atoms. The van der Waals surface area contributed by atoms with E-state index < -0.39 is 10.0 Å². The first-order valence-corrected chi connectivity index (χ1v) is 8.22. The van der Waals surface area contributed by atoms with Crippen LogP contribution in [-0.4, -0.2) is 18.4 Å². The first kappa shape index (κ1) is 14.2. The van der Waals surface area contributed by atoms with Gasteiger partial charge in [0.05, 0.1) is 10.9 Å². The van der Waals surface area contributed by atoms with Crippen molar-refractivity contribution in [2.45, 2.75) is 30.8 Å². The summed E-state index contributed by atoms with van der Waals surface area (Å²) in [6.07, 6.45) is 3.75. The van der Waals surface area contributed by atoms with Gasteiger partial charge in [-0.1, -0.05) is 6.92 Å². The zero-order valence-electron chi connectivity index (χ0n) is 10.5. The Bertz CT molecular complexity index is 619. The third kappa shape index (κ3) is 3.21. The number of H-pyrrole nitrogens is 1. The van der Waals surface area contributed by atoms with Crippen LogP contribution in [0.4, 0.5) is 0 Å². The maximum absolute atomic E-state index is 12.2. The van der Waals surface area contributed by atoms with Crippen molar-refractivity contribution in [3.05, 3.63) is 34.5 Å². The van der Waals surface area contributed by atoms with E-state index in [9.17, 15) is 8.42 Å². The maximum Gasteiger partial charge on any atom is 0.242 e. The summed E-state index contributed by atoms with van der Waals surface area (Å²) in [4.78, 5) is 7.18. The lowest BCUT2D eigenvalue weighted by Crippen LogP contribution is -2.28. The first-order valence-electron chi connectivity index (χ1n) is 5.86. The van der Waals surface area contributed by atoms with Gasteiger partial charge in [-0.3, -0.25) is 0 Å². The second-order valence-electron chi connectivity index (χ2n) is 4.02. The number of aromatic nitrogens is 2. The van der Waals surface area contributed by atoms with Gasteiger partial charge in [-0.15, -0.1) is 11.3 Å². The fraction of sp³-hybridized carbons (Fsp3) is 0.364. The largest absolute Gasteiger partial charge is 0.363 e. The molecule has 0 saturated heterocycles. The Kier molecular flexibility index (Phi) is 4.35. The molecule has 104 valence electrons. The van der Waals surface area contributed by atoms with Crippen LogP contribution in [0.2, 0.25) is 0 Å². The quantitative estimate of drug-likeness (QED) is 0.749. The highest BCUT2D eigenvalue weighted by Crippen LogP contribution is 2.22. The van der Waals surface area contributed by atoms with E-state index in [0.717, 1.165) is 5.01 Å². The van der Waals surface area contributed by atoms with Crippen molar-refractivity contribution >= 4 is 21.4 Å². The molecule has 8 heteroatoms. The molecular weight excluding hydrogens is 284 g/mol. The zero-order valence-corrected chi connectivity index (χ0v) is 12.1. The van der Waals surface area contributed by atoms with Crippen molar-refractivity contribution in [3.63, 3.8) is 0 Å². The number of thiazole rings is 1. The van der Waals surface area contributed by atoms with E-state index in [1.54, 1.807) is 6.20 Å². The molecule has 1 atom stereocenters. The fourth-order valence-electron chi connectivity index (χ4n) is 1.66. The van der Waals surface area contributed by atoms with Crippen LogP contribution >= 0.6 is 11.3 Å². The van der Waals surface area contributed by atoms with Crippen LogP contribution in [0.3, 0.4) is 0 Å². The van der Waals surface area contributed by atoms with Crippen molar-refractivity contribution in [2.24, 2.45) is 5.73 Å². The Hall–Kier alpha value is -1.22. The second-order valence-corrected chi connectivity index (χ2v) is 6.66. The monoisotopic (exact) mass is 300 g/mol. The van der Waals surface area contributed by atoms with Crippen LogP contribution < -0.4 is 10.5 Å². The molecule has 1 unspecified atom stereocenters. The number of hydrogen-bond acceptors (Lipinski definition) is 5. The van der Waals surface area contributed by atoms with E-state index in [4.69, 9.17) is 5.73 Å². The number of hydrogen-bond donors (Lipinski definition) is 3. The zero-order chi connectivity index (χ0) is 13.9. The van der Waals surface area contributed by atoms with Gasteiger partial charge in [0, 0.05) is 30.0 Å². The summed E-state index contributed by atoms with van der Waals surface area (Å²) < 4.78 is 27.1. The SMILES string of the molecule is CCC(NS(=O)(=O)c1c[nH]c(CN)c1)c1nccs1. The highest BCUT2D eigenvalue weighted by Gasteiger charge is 2.22. The Morgan fingerprint density at radius 2 is 2.37 bits per heavy atom. The van der Waals surface area contributed by atoms with Crippen LogP contribution in [0, 0.1) is 0 Å². The summed E-state index contributed by atoms with van der Waals surface area (Å²) in [6.45, 7) is 2.19. The summed E-state index contributed by atoms with van der Waals surface area (Å²) in [6, 6.07) is 1.23. The van der Waals surface area contributed by atoms with Crippen molar-refractivity contribution < 1.29 is 8.42 Å². The lowest BCUT2D eigenvalue weighted by molar-refractivity contribution is 0.549. The Labute approximate surface area is 116 Å². The van der Waals surface area contributed by atoms with Crippen LogP contribution in [0.1, 0.15) is 30.1 Å². The molecule has 4 N–H and O–H groups in total. The minimum atomic E-state index is -3.56. The topological polar surface area (TPSA) is 101 Å². The van der Waals surface area contributed by atoms with Crippen LogP contribution in [0.5, 0.6) is 0 Å². The lowest BCUT2D eigenvalue weighted by atomic mass is 10.3. The molecule has 2 aromatic rings. The smallest absolute Gasteiger partial charge is 0.242 e. The van der Waals surface area contributed by atoms with Gasteiger partial charge in [0.2, 0.25) is 10.0 Å². The molecular formula is C11H16N4O2S2. The molecule has 0 aliphatic rings. The summed E-state index contributed by atoms with van der Waals surface area (Å²) in [7, 11) is -3.56. The van der Waals surface area contributed by atoms with Crippen molar-refractivity contribution in [2.75, 3.05) is 0 Å². The van der Waals surface area contributed by atoms with Crippen LogP contribution in [-0.2, 0) is 16.6 Å². The normalized spacial score (nSPS) is 13.6. The highest BCUT2D eigenvalue weighted by atomic mass is 32.2. The summed E-state index contributed by atoms with van der Waals surface area (Å²) in [5.41, 5.74) is 6.14. The van der Waals surface area contributed by atoms with Gasteiger partial charge in [-0.25, -0.2) is 18.1 Å². The number of nitrogens with zero attached hydrogens (tertiary/aromatic N) is 1. The number of nitrogens with two attached hydrogens (primary N) is 1. The Morgan fingerprint density at radius 3 is 2.89 bits per heavy atom. The average molecular weight is 300 g/mol. The molecule has 2 aromatic heterocycles. The molecule has 0 saturated carbocycles. The third-order valence-corrected chi connectivity index (χ3v) is 5.04. The second kappa shape index (κ2) is 5.83. The van der Waals surface area contributed by atoms with Gasteiger partial charge in [0.1, 0.15) is 5.01 Å². The number of nitrogens with one attached hydrogen (secondary N) is 2. The standard InChI is InChI=1S/C11H16N4O2S2/c1-2-10(11-13-3-4-18-11)15-19(16,17)9-5-8(6-12)14-7-9/h3-5,7,10,14-15H,2,6,12H2,1H3. The van der Waals surface area contributed by atoms with Gasteiger partial charge in [0.25, 0.3) is 0 Å². The van der Waals surface area contributed by atoms with Crippen molar-refractivity contribution in [1.82, 2.24) is 14.7 Å². The van der Waals surface area contributed by atoms with E-state index in [1.165, 1.54) is 23.6 Å². The molecule has 0 bridgehead atoms. The Balaban J connectivity index is 2.20. The Morgan fingerprint density at radius 1 is 1.58 bits per heavy atom. The van der Waals surface area contributed by atoms with E-state index in [0.29, 0.717) is 12.1 Å². The van der Waals surface area contributed by atoms with Crippen molar-refractivity contribution in [3.8, 4) is 0 Å². The molecule has 0 aliphatic heterocycles. The molecule has 2 rings (SSSR count). The molecule has 2 heterocycles. The predicted molar refractivity (Wildman–Crippen MR) is 74.2 cm³/mol. The van der Waals surface area contributed by atoms with Crippen molar-refractivity contribution in [1.29, 1.82) is 0 Å². The van der Waals surface area contributed by atoms with Gasteiger partial charge in [-0.2, -0.15) is 0 Å². The van der Waals surface area contributed by atoms with E-state index in [1.807, 2.05) is 12.3 Å². The van der Waals surface area contributed by atoms with E-state index in [2.05, 4.69) is 14.7 Å².